The van der Waals surface area contributed by atoms with Crippen molar-refractivity contribution in [2.75, 3.05) is 0 Å². The van der Waals surface area contributed by atoms with E-state index in [9.17, 15) is 4.79 Å². The lowest BCUT2D eigenvalue weighted by molar-refractivity contribution is -0.135. The van der Waals surface area contributed by atoms with E-state index in [0.29, 0.717) is 6.42 Å². The first-order valence-electron chi connectivity index (χ1n) is 5.15. The summed E-state index contributed by atoms with van der Waals surface area (Å²) >= 11 is 1.70. The molecule has 1 saturated heterocycles. The van der Waals surface area contributed by atoms with Gasteiger partial charge in [-0.25, -0.2) is 0 Å². The van der Waals surface area contributed by atoms with Crippen molar-refractivity contribution in [2.24, 2.45) is 0 Å². The summed E-state index contributed by atoms with van der Waals surface area (Å²) in [5, 5.41) is 0. The fourth-order valence-corrected chi connectivity index (χ4v) is 2.65. The molecule has 1 aliphatic heterocycles. The standard InChI is InChI=1S/C12H14O2S/c1-9-11(13)7-8-12(14-9)15-10-5-3-2-4-6-10/h2-6,9,12H,7-8H2,1H3. The van der Waals surface area contributed by atoms with Crippen LogP contribution in [0, 0.1) is 0 Å². The predicted molar refractivity (Wildman–Crippen MR) is 60.9 cm³/mol. The number of hydrogen-bond donors (Lipinski definition) is 0. The van der Waals surface area contributed by atoms with E-state index in [-0.39, 0.29) is 17.3 Å². The zero-order chi connectivity index (χ0) is 10.7. The normalized spacial score (nSPS) is 26.6. The van der Waals surface area contributed by atoms with Crippen LogP contribution in [-0.2, 0) is 9.53 Å². The Labute approximate surface area is 94.0 Å². The number of carbonyl (C=O) groups excluding carboxylic acids is 1. The number of hydrogen-bond acceptors (Lipinski definition) is 3. The SMILES string of the molecule is CC1OC(Sc2ccccc2)CCC1=O. The molecular weight excluding hydrogens is 208 g/mol. The van der Waals surface area contributed by atoms with Gasteiger partial charge in [0.2, 0.25) is 0 Å². The van der Waals surface area contributed by atoms with Gasteiger partial charge in [0.25, 0.3) is 0 Å². The third kappa shape index (κ3) is 2.83. The van der Waals surface area contributed by atoms with Crippen LogP contribution >= 0.6 is 11.8 Å². The van der Waals surface area contributed by atoms with Crippen molar-refractivity contribution in [3.8, 4) is 0 Å². The molecule has 2 unspecified atom stereocenters. The molecule has 1 fully saturated rings. The Kier molecular flexibility index (Phi) is 3.44. The van der Waals surface area contributed by atoms with Gasteiger partial charge < -0.3 is 4.74 Å². The summed E-state index contributed by atoms with van der Waals surface area (Å²) in [4.78, 5) is 12.5. The molecule has 0 N–H and O–H groups in total. The molecule has 15 heavy (non-hydrogen) atoms. The van der Waals surface area contributed by atoms with E-state index in [1.165, 1.54) is 4.90 Å². The highest BCUT2D eigenvalue weighted by Crippen LogP contribution is 2.30. The summed E-state index contributed by atoms with van der Waals surface area (Å²) in [6.07, 6.45) is 1.23. The third-order valence-corrected chi connectivity index (χ3v) is 3.60. The van der Waals surface area contributed by atoms with Gasteiger partial charge >= 0.3 is 0 Å². The van der Waals surface area contributed by atoms with E-state index in [1.54, 1.807) is 11.8 Å². The Hall–Kier alpha value is -0.800. The lowest BCUT2D eigenvalue weighted by Gasteiger charge is -2.26. The molecular formula is C12H14O2S. The maximum absolute atomic E-state index is 11.3. The van der Waals surface area contributed by atoms with Crippen molar-refractivity contribution >= 4 is 17.5 Å². The molecule has 1 aromatic carbocycles. The number of carbonyl (C=O) groups is 1. The van der Waals surface area contributed by atoms with Crippen LogP contribution in [0.1, 0.15) is 19.8 Å². The molecule has 2 nitrogen and oxygen atoms in total. The molecule has 0 aliphatic carbocycles. The lowest BCUT2D eigenvalue weighted by atomic mass is 10.1. The predicted octanol–water partition coefficient (Wildman–Crippen LogP) is 2.87. The highest BCUT2D eigenvalue weighted by atomic mass is 32.2. The number of Topliss-reactive ketones (excluding diaryl/α,β-unsaturated/α-hetero) is 1. The van der Waals surface area contributed by atoms with Gasteiger partial charge in [0.05, 0.1) is 0 Å². The van der Waals surface area contributed by atoms with Crippen LogP contribution in [0.3, 0.4) is 0 Å². The monoisotopic (exact) mass is 222 g/mol. The smallest absolute Gasteiger partial charge is 0.161 e. The first-order chi connectivity index (χ1) is 7.25. The number of ketones is 1. The fourth-order valence-electron chi connectivity index (χ4n) is 1.57. The number of thioether (sulfide) groups is 1. The van der Waals surface area contributed by atoms with Crippen LogP contribution in [0.5, 0.6) is 0 Å². The molecule has 0 bridgehead atoms. The summed E-state index contributed by atoms with van der Waals surface area (Å²) in [6.45, 7) is 1.83. The number of ether oxygens (including phenoxy) is 1. The molecule has 0 radical (unpaired) electrons. The second-order valence-corrected chi connectivity index (χ2v) is 4.88. The van der Waals surface area contributed by atoms with Crippen LogP contribution in [-0.4, -0.2) is 17.3 Å². The van der Waals surface area contributed by atoms with Crippen LogP contribution in [0.4, 0.5) is 0 Å². The molecule has 0 amide bonds. The molecule has 0 saturated carbocycles. The van der Waals surface area contributed by atoms with Gasteiger partial charge in [0, 0.05) is 11.3 Å². The summed E-state index contributed by atoms with van der Waals surface area (Å²) in [5.74, 6) is 0.222. The van der Waals surface area contributed by atoms with Crippen molar-refractivity contribution in [3.05, 3.63) is 30.3 Å². The molecule has 0 spiro atoms. The average molecular weight is 222 g/mol. The second-order valence-electron chi connectivity index (χ2n) is 3.64. The van der Waals surface area contributed by atoms with Gasteiger partial charge in [-0.2, -0.15) is 0 Å². The molecule has 2 atom stereocenters. The van der Waals surface area contributed by atoms with Crippen LogP contribution in [0.2, 0.25) is 0 Å². The van der Waals surface area contributed by atoms with Crippen molar-refractivity contribution in [2.45, 2.75) is 36.2 Å². The van der Waals surface area contributed by atoms with Crippen LogP contribution in [0.15, 0.2) is 35.2 Å². The van der Waals surface area contributed by atoms with Gasteiger partial charge in [0.1, 0.15) is 11.5 Å². The van der Waals surface area contributed by atoms with Crippen molar-refractivity contribution < 1.29 is 9.53 Å². The Balaban J connectivity index is 1.94. The van der Waals surface area contributed by atoms with Crippen molar-refractivity contribution in [1.82, 2.24) is 0 Å². The highest BCUT2D eigenvalue weighted by Gasteiger charge is 2.26. The zero-order valence-corrected chi connectivity index (χ0v) is 9.50. The van der Waals surface area contributed by atoms with Crippen LogP contribution in [0.25, 0.3) is 0 Å². The minimum atomic E-state index is -0.236. The van der Waals surface area contributed by atoms with Crippen LogP contribution < -0.4 is 0 Å². The first kappa shape index (κ1) is 10.7. The summed E-state index contributed by atoms with van der Waals surface area (Å²) < 4.78 is 5.62. The third-order valence-electron chi connectivity index (χ3n) is 2.45. The molecule has 80 valence electrons. The van der Waals surface area contributed by atoms with Gasteiger partial charge in [-0.05, 0) is 25.5 Å². The second kappa shape index (κ2) is 4.81. The average Bonchev–Trinajstić information content (AvgIpc) is 2.25. The highest BCUT2D eigenvalue weighted by molar-refractivity contribution is 7.99. The van der Waals surface area contributed by atoms with E-state index in [0.717, 1.165) is 6.42 Å². The summed E-state index contributed by atoms with van der Waals surface area (Å²) in [6, 6.07) is 10.2. The number of benzene rings is 1. The first-order valence-corrected chi connectivity index (χ1v) is 6.03. The topological polar surface area (TPSA) is 26.3 Å². The number of rotatable bonds is 2. The molecule has 1 aromatic rings. The van der Waals surface area contributed by atoms with Gasteiger partial charge in [-0.15, -0.1) is 0 Å². The molecule has 2 rings (SSSR count). The molecule has 3 heteroatoms. The Morgan fingerprint density at radius 3 is 2.73 bits per heavy atom. The zero-order valence-electron chi connectivity index (χ0n) is 8.68. The van der Waals surface area contributed by atoms with Crippen molar-refractivity contribution in [1.29, 1.82) is 0 Å². The van der Waals surface area contributed by atoms with E-state index < -0.39 is 0 Å². The lowest BCUT2D eigenvalue weighted by Crippen LogP contribution is -2.31. The Morgan fingerprint density at radius 1 is 1.33 bits per heavy atom. The largest absolute Gasteiger partial charge is 0.357 e. The Bertz CT molecular complexity index is 337. The molecule has 1 heterocycles. The van der Waals surface area contributed by atoms with Gasteiger partial charge in [-0.3, -0.25) is 4.79 Å². The summed E-state index contributed by atoms with van der Waals surface area (Å²) in [7, 11) is 0. The van der Waals surface area contributed by atoms with E-state index >= 15 is 0 Å². The minimum absolute atomic E-state index is 0.125. The quantitative estimate of drug-likeness (QED) is 0.769. The maximum Gasteiger partial charge on any atom is 0.161 e. The van der Waals surface area contributed by atoms with Gasteiger partial charge in [0.15, 0.2) is 5.78 Å². The van der Waals surface area contributed by atoms with Gasteiger partial charge in [-0.1, -0.05) is 30.0 Å². The fraction of sp³-hybridized carbons (Fsp3) is 0.417. The maximum atomic E-state index is 11.3. The van der Waals surface area contributed by atoms with E-state index in [2.05, 4.69) is 12.1 Å². The van der Waals surface area contributed by atoms with E-state index in [1.807, 2.05) is 25.1 Å². The molecule has 1 aliphatic rings. The van der Waals surface area contributed by atoms with Crippen molar-refractivity contribution in [3.63, 3.8) is 0 Å². The Morgan fingerprint density at radius 2 is 2.07 bits per heavy atom. The van der Waals surface area contributed by atoms with E-state index in [4.69, 9.17) is 4.74 Å². The molecule has 0 aromatic heterocycles. The minimum Gasteiger partial charge on any atom is -0.357 e. The summed E-state index contributed by atoms with van der Waals surface area (Å²) in [5.41, 5.74) is 0.125.